The van der Waals surface area contributed by atoms with Crippen LogP contribution in [0.15, 0.2) is 10.2 Å². The molecule has 2 nitrogen and oxygen atoms in total. The Balaban J connectivity index is 1.84. The number of nitrogens with zero attached hydrogens (tertiary/aromatic N) is 2. The van der Waals surface area contributed by atoms with Crippen LogP contribution in [0.25, 0.3) is 0 Å². The smallest absolute Gasteiger partial charge is 0.105 e. The Morgan fingerprint density at radius 1 is 0.533 bits per heavy atom. The minimum atomic E-state index is 0.829. The number of unbranched alkanes of at least 4 members (excludes halogenated alkanes) is 11. The third kappa shape index (κ3) is 20.2. The van der Waals surface area contributed by atoms with Gasteiger partial charge in [0.05, 0.1) is 6.54 Å². The molecular weight excluding hydrogens is 404 g/mol. The molecule has 0 radical (unpaired) electrons. The molecule has 1 saturated carbocycles. The monoisotopic (exact) mass is 456 g/mol. The van der Waals surface area contributed by atoms with E-state index in [0.717, 1.165) is 23.4 Å². The summed E-state index contributed by atoms with van der Waals surface area (Å²) in [6.45, 7) is 0.942. The number of hydrogen-bond donors (Lipinski definition) is 1. The van der Waals surface area contributed by atoms with Crippen LogP contribution >= 0.6 is 24.4 Å². The highest BCUT2D eigenvalue weighted by molar-refractivity contribution is 7.99. The fourth-order valence-corrected chi connectivity index (χ4v) is 5.68. The minimum absolute atomic E-state index is 0.829. The average molecular weight is 457 g/mol. The number of azo groups is 1. The van der Waals surface area contributed by atoms with Crippen LogP contribution in [0.2, 0.25) is 0 Å². The van der Waals surface area contributed by atoms with E-state index in [9.17, 15) is 0 Å². The second kappa shape index (κ2) is 24.0. The lowest BCUT2D eigenvalue weighted by atomic mass is 10.1. The van der Waals surface area contributed by atoms with Gasteiger partial charge in [-0.05, 0) is 31.4 Å². The predicted octanol–water partition coefficient (Wildman–Crippen LogP) is 10.0. The Hall–Kier alpha value is 0.300. The van der Waals surface area contributed by atoms with Gasteiger partial charge in [0.1, 0.15) is 5.88 Å². The van der Waals surface area contributed by atoms with Crippen molar-refractivity contribution in [2.45, 2.75) is 147 Å². The van der Waals surface area contributed by atoms with Crippen LogP contribution in [0, 0.1) is 0 Å². The summed E-state index contributed by atoms with van der Waals surface area (Å²) in [6, 6.07) is 0. The summed E-state index contributed by atoms with van der Waals surface area (Å²) in [5.41, 5.74) is 0. The van der Waals surface area contributed by atoms with Crippen LogP contribution in [0.5, 0.6) is 0 Å². The van der Waals surface area contributed by atoms with Crippen LogP contribution in [-0.4, -0.2) is 23.4 Å². The van der Waals surface area contributed by atoms with E-state index in [2.05, 4.69) is 34.6 Å². The summed E-state index contributed by atoms with van der Waals surface area (Å²) in [5, 5.41) is 9.72. The maximum absolute atomic E-state index is 4.46. The second-order valence-electron chi connectivity index (χ2n) is 9.30. The maximum Gasteiger partial charge on any atom is 0.105 e. The minimum Gasteiger partial charge on any atom is -0.193 e. The fourth-order valence-electron chi connectivity index (χ4n) is 4.43. The van der Waals surface area contributed by atoms with Gasteiger partial charge in [0.15, 0.2) is 0 Å². The molecule has 0 saturated heterocycles. The van der Waals surface area contributed by atoms with E-state index in [1.165, 1.54) is 141 Å². The van der Waals surface area contributed by atoms with Gasteiger partial charge in [-0.2, -0.15) is 22.9 Å². The molecule has 0 bridgehead atoms. The highest BCUT2D eigenvalue weighted by Crippen LogP contribution is 2.25. The van der Waals surface area contributed by atoms with Gasteiger partial charge in [0.25, 0.3) is 0 Å². The molecule has 1 aliphatic carbocycles. The topological polar surface area (TPSA) is 24.7 Å². The Bertz CT molecular complexity index is 351. The van der Waals surface area contributed by atoms with Crippen molar-refractivity contribution in [2.75, 3.05) is 18.2 Å². The fraction of sp³-hybridized carbons (Fsp3) is 1.00. The molecule has 4 heteroatoms. The van der Waals surface area contributed by atoms with Crippen molar-refractivity contribution in [3.8, 4) is 0 Å². The van der Waals surface area contributed by atoms with Gasteiger partial charge < -0.3 is 0 Å². The Morgan fingerprint density at radius 3 is 1.47 bits per heavy atom. The summed E-state index contributed by atoms with van der Waals surface area (Å²) < 4.78 is 0. The van der Waals surface area contributed by atoms with Crippen LogP contribution < -0.4 is 0 Å². The quantitative estimate of drug-likeness (QED) is 0.131. The first-order chi connectivity index (χ1) is 14.9. The molecule has 0 aromatic rings. The molecule has 0 spiro atoms. The zero-order chi connectivity index (χ0) is 21.4. The molecule has 1 aliphatic rings. The molecular formula is C26H52N2S2. The van der Waals surface area contributed by atoms with E-state index in [1.807, 2.05) is 0 Å². The van der Waals surface area contributed by atoms with E-state index in [1.54, 1.807) is 0 Å². The van der Waals surface area contributed by atoms with Crippen molar-refractivity contribution in [1.29, 1.82) is 0 Å². The molecule has 178 valence electrons. The first-order valence-corrected chi connectivity index (χ1v) is 15.2. The van der Waals surface area contributed by atoms with Crippen molar-refractivity contribution in [3.63, 3.8) is 0 Å². The molecule has 0 aromatic heterocycles. The van der Waals surface area contributed by atoms with Gasteiger partial charge >= 0.3 is 0 Å². The maximum atomic E-state index is 4.46. The Labute approximate surface area is 199 Å². The van der Waals surface area contributed by atoms with Crippen LogP contribution in [0.3, 0.4) is 0 Å². The molecule has 30 heavy (non-hydrogen) atoms. The zero-order valence-electron chi connectivity index (χ0n) is 20.0. The Morgan fingerprint density at radius 2 is 0.967 bits per heavy atom. The SMILES string of the molecule is SCCCCCCCCCCCCCCN=NCSC1CCCCCCCCCC1. The highest BCUT2D eigenvalue weighted by Gasteiger charge is 2.09. The van der Waals surface area contributed by atoms with E-state index >= 15 is 0 Å². The first-order valence-electron chi connectivity index (χ1n) is 13.5. The van der Waals surface area contributed by atoms with E-state index < -0.39 is 0 Å². The average Bonchev–Trinajstić information content (AvgIpc) is 2.82. The largest absolute Gasteiger partial charge is 0.193 e. The summed E-state index contributed by atoms with van der Waals surface area (Å²) >= 11 is 6.34. The van der Waals surface area contributed by atoms with Gasteiger partial charge in [-0.15, -0.1) is 11.8 Å². The van der Waals surface area contributed by atoms with Crippen LogP contribution in [0.1, 0.15) is 141 Å². The lowest BCUT2D eigenvalue weighted by Crippen LogP contribution is -2.03. The van der Waals surface area contributed by atoms with Gasteiger partial charge in [-0.1, -0.05) is 116 Å². The van der Waals surface area contributed by atoms with Crippen molar-refractivity contribution in [1.82, 2.24) is 0 Å². The Kier molecular flexibility index (Phi) is 22.6. The summed E-state index contributed by atoms with van der Waals surface area (Å²) in [6.07, 6.45) is 30.9. The number of thioether (sulfide) groups is 1. The standard InChI is InChI=1S/C26H52N2S2/c29-24-20-16-12-8-4-2-1-3-7-11-15-19-23-27-28-25-30-26-21-17-13-9-5-6-10-14-18-22-26/h26,29H,1-25H2. The van der Waals surface area contributed by atoms with Crippen LogP contribution in [0.4, 0.5) is 0 Å². The molecule has 0 aliphatic heterocycles. The van der Waals surface area contributed by atoms with Gasteiger partial charge in [0.2, 0.25) is 0 Å². The van der Waals surface area contributed by atoms with E-state index in [4.69, 9.17) is 0 Å². The van der Waals surface area contributed by atoms with Crippen molar-refractivity contribution in [2.24, 2.45) is 10.2 Å². The first kappa shape index (κ1) is 28.3. The second-order valence-corrected chi connectivity index (χ2v) is 11.0. The molecule has 0 N–H and O–H groups in total. The molecule has 0 heterocycles. The van der Waals surface area contributed by atoms with E-state index in [-0.39, 0.29) is 0 Å². The van der Waals surface area contributed by atoms with Crippen molar-refractivity contribution < 1.29 is 0 Å². The lowest BCUT2D eigenvalue weighted by molar-refractivity contribution is 0.545. The van der Waals surface area contributed by atoms with Gasteiger partial charge in [-0.25, -0.2) is 0 Å². The number of rotatable bonds is 17. The third-order valence-electron chi connectivity index (χ3n) is 6.44. The number of hydrogen-bond acceptors (Lipinski definition) is 4. The molecule has 0 amide bonds. The summed E-state index contributed by atoms with van der Waals surface area (Å²) in [7, 11) is 0. The van der Waals surface area contributed by atoms with Gasteiger partial charge in [0, 0.05) is 5.25 Å². The third-order valence-corrected chi connectivity index (χ3v) is 7.96. The predicted molar refractivity (Wildman–Crippen MR) is 141 cm³/mol. The van der Waals surface area contributed by atoms with Gasteiger partial charge in [-0.3, -0.25) is 0 Å². The zero-order valence-corrected chi connectivity index (χ0v) is 21.7. The molecule has 0 atom stereocenters. The molecule has 0 unspecified atom stereocenters. The highest BCUT2D eigenvalue weighted by atomic mass is 32.2. The van der Waals surface area contributed by atoms with Crippen molar-refractivity contribution in [3.05, 3.63) is 0 Å². The van der Waals surface area contributed by atoms with Crippen molar-refractivity contribution >= 4 is 24.4 Å². The molecule has 0 aromatic carbocycles. The summed E-state index contributed by atoms with van der Waals surface area (Å²) in [4.78, 5) is 0. The summed E-state index contributed by atoms with van der Waals surface area (Å²) in [5.74, 6) is 1.94. The lowest BCUT2D eigenvalue weighted by Gasteiger charge is -2.14. The number of thiol groups is 1. The molecule has 1 rings (SSSR count). The van der Waals surface area contributed by atoms with Crippen LogP contribution in [-0.2, 0) is 0 Å². The molecule has 1 fully saturated rings. The van der Waals surface area contributed by atoms with E-state index in [0.29, 0.717) is 0 Å². The normalized spacial score (nSPS) is 17.4.